The van der Waals surface area contributed by atoms with Gasteiger partial charge in [0.25, 0.3) is 0 Å². The van der Waals surface area contributed by atoms with Crippen molar-refractivity contribution in [3.05, 3.63) is 66.4 Å². The molecule has 0 bridgehead atoms. The maximum Gasteiger partial charge on any atom is 0.238 e. The number of aryl methyl sites for hydroxylation is 1. The van der Waals surface area contributed by atoms with Crippen LogP contribution in [0.25, 0.3) is 11.1 Å². The monoisotopic (exact) mass is 279 g/mol. The Morgan fingerprint density at radius 1 is 0.905 bits per heavy atom. The maximum absolute atomic E-state index is 5.43. The summed E-state index contributed by atoms with van der Waals surface area (Å²) in [5.74, 6) is 1.18. The molecular weight excluding hydrogens is 262 g/mol. The van der Waals surface area contributed by atoms with E-state index in [1.54, 1.807) is 6.92 Å². The van der Waals surface area contributed by atoms with Crippen LogP contribution in [0.4, 0.5) is 5.69 Å². The van der Waals surface area contributed by atoms with Gasteiger partial charge in [-0.2, -0.15) is 0 Å². The smallest absolute Gasteiger partial charge is 0.238 e. The first kappa shape index (κ1) is 13.4. The summed E-state index contributed by atoms with van der Waals surface area (Å²) in [6.45, 7) is 3.79. The van der Waals surface area contributed by atoms with Crippen LogP contribution in [0.3, 0.4) is 0 Å². The summed E-state index contributed by atoms with van der Waals surface area (Å²) in [6, 6.07) is 18.6. The zero-order valence-electron chi connectivity index (χ0n) is 12.1. The van der Waals surface area contributed by atoms with Gasteiger partial charge in [0, 0.05) is 12.6 Å². The molecule has 0 aliphatic carbocycles. The summed E-state index contributed by atoms with van der Waals surface area (Å²) in [7, 11) is 0. The predicted octanol–water partition coefficient (Wildman–Crippen LogP) is 4.22. The van der Waals surface area contributed by atoms with E-state index in [2.05, 4.69) is 51.9 Å². The Labute approximate surface area is 123 Å². The van der Waals surface area contributed by atoms with Gasteiger partial charge in [0.05, 0.1) is 0 Å². The minimum Gasteiger partial charge on any atom is -0.423 e. The van der Waals surface area contributed by atoms with Gasteiger partial charge in [0.15, 0.2) is 0 Å². The highest BCUT2D eigenvalue weighted by Gasteiger charge is 2.12. The highest BCUT2D eigenvalue weighted by Crippen LogP contribution is 2.23. The van der Waals surface area contributed by atoms with E-state index in [1.165, 1.54) is 11.1 Å². The van der Waals surface area contributed by atoms with Crippen LogP contribution < -0.4 is 5.32 Å². The molecule has 4 heteroatoms. The molecule has 0 aliphatic heterocycles. The highest BCUT2D eigenvalue weighted by atomic mass is 16.4. The van der Waals surface area contributed by atoms with Gasteiger partial charge in [-0.1, -0.05) is 42.5 Å². The lowest BCUT2D eigenvalue weighted by Crippen LogP contribution is -2.06. The van der Waals surface area contributed by atoms with Gasteiger partial charge in [-0.25, -0.2) is 0 Å². The van der Waals surface area contributed by atoms with Crippen LogP contribution in [0.1, 0.15) is 24.7 Å². The number of benzene rings is 2. The molecule has 0 fully saturated rings. The molecule has 21 heavy (non-hydrogen) atoms. The third kappa shape index (κ3) is 3.11. The molecule has 1 heterocycles. The molecule has 4 nitrogen and oxygen atoms in total. The Morgan fingerprint density at radius 2 is 1.57 bits per heavy atom. The summed E-state index contributed by atoms with van der Waals surface area (Å²) in [5, 5.41) is 11.2. The number of nitrogens with one attached hydrogen (secondary N) is 1. The predicted molar refractivity (Wildman–Crippen MR) is 83.0 cm³/mol. The summed E-state index contributed by atoms with van der Waals surface area (Å²) in [5.41, 5.74) is 3.44. The Balaban J connectivity index is 1.73. The van der Waals surface area contributed by atoms with Crippen molar-refractivity contribution in [2.24, 2.45) is 0 Å². The molecule has 3 rings (SSSR count). The van der Waals surface area contributed by atoms with Gasteiger partial charge < -0.3 is 9.73 Å². The van der Waals surface area contributed by atoms with Gasteiger partial charge in [0.2, 0.25) is 11.8 Å². The first-order valence-electron chi connectivity index (χ1n) is 6.94. The highest BCUT2D eigenvalue weighted by molar-refractivity contribution is 5.65. The number of aromatic nitrogens is 2. The second-order valence-corrected chi connectivity index (χ2v) is 4.97. The largest absolute Gasteiger partial charge is 0.423 e. The summed E-state index contributed by atoms with van der Waals surface area (Å²) in [4.78, 5) is 0. The van der Waals surface area contributed by atoms with Gasteiger partial charge in [-0.05, 0) is 30.2 Å². The molecule has 0 spiro atoms. The van der Waals surface area contributed by atoms with E-state index in [0.29, 0.717) is 11.8 Å². The summed E-state index contributed by atoms with van der Waals surface area (Å²) >= 11 is 0. The molecule has 0 radical (unpaired) electrons. The molecule has 1 atom stereocenters. The lowest BCUT2D eigenvalue weighted by Gasteiger charge is -2.12. The van der Waals surface area contributed by atoms with Crippen LogP contribution in [-0.2, 0) is 0 Å². The Hall–Kier alpha value is -2.62. The van der Waals surface area contributed by atoms with Crippen molar-refractivity contribution in [2.75, 3.05) is 5.32 Å². The maximum atomic E-state index is 5.43. The van der Waals surface area contributed by atoms with Gasteiger partial charge >= 0.3 is 0 Å². The van der Waals surface area contributed by atoms with Crippen LogP contribution in [0.5, 0.6) is 0 Å². The quantitative estimate of drug-likeness (QED) is 0.777. The zero-order valence-corrected chi connectivity index (χ0v) is 12.1. The van der Waals surface area contributed by atoms with Crippen LogP contribution in [0, 0.1) is 6.92 Å². The molecule has 0 saturated heterocycles. The van der Waals surface area contributed by atoms with Crippen molar-refractivity contribution in [3.8, 4) is 11.1 Å². The fourth-order valence-electron chi connectivity index (χ4n) is 2.19. The average molecular weight is 279 g/mol. The van der Waals surface area contributed by atoms with Crippen molar-refractivity contribution in [2.45, 2.75) is 19.9 Å². The molecule has 3 aromatic rings. The second kappa shape index (κ2) is 5.79. The van der Waals surface area contributed by atoms with Crippen molar-refractivity contribution >= 4 is 5.69 Å². The molecule has 2 aromatic carbocycles. The SMILES string of the molecule is Cc1nnc(C(C)Nc2ccc(-c3ccccc3)cc2)o1. The van der Waals surface area contributed by atoms with Crippen LogP contribution >= 0.6 is 0 Å². The van der Waals surface area contributed by atoms with Gasteiger partial charge in [-0.15, -0.1) is 10.2 Å². The van der Waals surface area contributed by atoms with Crippen molar-refractivity contribution < 1.29 is 4.42 Å². The van der Waals surface area contributed by atoms with Gasteiger partial charge in [-0.3, -0.25) is 0 Å². The zero-order chi connectivity index (χ0) is 14.7. The number of nitrogens with zero attached hydrogens (tertiary/aromatic N) is 2. The molecule has 1 unspecified atom stereocenters. The number of hydrogen-bond donors (Lipinski definition) is 1. The fraction of sp³-hybridized carbons (Fsp3) is 0.176. The van der Waals surface area contributed by atoms with Crippen molar-refractivity contribution in [1.29, 1.82) is 0 Å². The summed E-state index contributed by atoms with van der Waals surface area (Å²) < 4.78 is 5.43. The molecule has 0 amide bonds. The second-order valence-electron chi connectivity index (χ2n) is 4.97. The number of rotatable bonds is 4. The molecular formula is C17H17N3O. The van der Waals surface area contributed by atoms with Crippen molar-refractivity contribution in [3.63, 3.8) is 0 Å². The van der Waals surface area contributed by atoms with Crippen LogP contribution in [-0.4, -0.2) is 10.2 Å². The van der Waals surface area contributed by atoms with E-state index in [-0.39, 0.29) is 6.04 Å². The van der Waals surface area contributed by atoms with Gasteiger partial charge in [0.1, 0.15) is 6.04 Å². The minimum atomic E-state index is -0.0197. The molecule has 1 aromatic heterocycles. The Kier molecular flexibility index (Phi) is 3.69. The fourth-order valence-corrected chi connectivity index (χ4v) is 2.19. The topological polar surface area (TPSA) is 51.0 Å². The third-order valence-corrected chi connectivity index (χ3v) is 3.29. The minimum absolute atomic E-state index is 0.0197. The molecule has 0 saturated carbocycles. The number of hydrogen-bond acceptors (Lipinski definition) is 4. The standard InChI is InChI=1S/C17H17N3O/c1-12(17-20-19-13(2)21-17)18-16-10-8-15(9-11-16)14-6-4-3-5-7-14/h3-12,18H,1-2H3. The van der Waals surface area contributed by atoms with E-state index < -0.39 is 0 Å². The molecule has 106 valence electrons. The van der Waals surface area contributed by atoms with Crippen LogP contribution in [0.2, 0.25) is 0 Å². The summed E-state index contributed by atoms with van der Waals surface area (Å²) in [6.07, 6.45) is 0. The van der Waals surface area contributed by atoms with E-state index >= 15 is 0 Å². The lowest BCUT2D eigenvalue weighted by atomic mass is 10.1. The number of anilines is 1. The normalized spacial score (nSPS) is 12.1. The van der Waals surface area contributed by atoms with Crippen molar-refractivity contribution in [1.82, 2.24) is 10.2 Å². The molecule has 1 N–H and O–H groups in total. The van der Waals surface area contributed by atoms with E-state index in [1.807, 2.05) is 25.1 Å². The van der Waals surface area contributed by atoms with E-state index in [0.717, 1.165) is 5.69 Å². The van der Waals surface area contributed by atoms with Crippen LogP contribution in [0.15, 0.2) is 59.0 Å². The van der Waals surface area contributed by atoms with E-state index in [4.69, 9.17) is 4.42 Å². The van der Waals surface area contributed by atoms with E-state index in [9.17, 15) is 0 Å². The first-order valence-corrected chi connectivity index (χ1v) is 6.94. The average Bonchev–Trinajstić information content (AvgIpc) is 2.96. The first-order chi connectivity index (χ1) is 10.2. The Morgan fingerprint density at radius 3 is 2.19 bits per heavy atom. The molecule has 0 aliphatic rings. The third-order valence-electron chi connectivity index (χ3n) is 3.29. The lowest BCUT2D eigenvalue weighted by molar-refractivity contribution is 0.451. The Bertz CT molecular complexity index is 704.